The average molecular weight is 254 g/mol. The van der Waals surface area contributed by atoms with Gasteiger partial charge >= 0.3 is 5.97 Å². The van der Waals surface area contributed by atoms with Gasteiger partial charge in [0.25, 0.3) is 0 Å². The highest BCUT2D eigenvalue weighted by Gasteiger charge is 2.32. The van der Waals surface area contributed by atoms with E-state index in [4.69, 9.17) is 4.74 Å². The summed E-state index contributed by atoms with van der Waals surface area (Å²) in [6.45, 7) is 3.98. The molecule has 1 unspecified atom stereocenters. The third-order valence-corrected chi connectivity index (χ3v) is 3.63. The lowest BCUT2D eigenvalue weighted by molar-refractivity contribution is -0.137. The molecule has 2 aromatic carbocycles. The Hall–Kier alpha value is -2.29. The molecule has 3 nitrogen and oxygen atoms in total. The van der Waals surface area contributed by atoms with Gasteiger partial charge in [-0.05, 0) is 37.1 Å². The Morgan fingerprint density at radius 3 is 2.47 bits per heavy atom. The fraction of sp³-hybridized carbons (Fsp3) is 0.188. The summed E-state index contributed by atoms with van der Waals surface area (Å²) in [5.74, 6) is -0.223. The molecule has 0 amide bonds. The molecule has 1 atom stereocenters. The van der Waals surface area contributed by atoms with Crippen LogP contribution in [0.3, 0.4) is 0 Å². The van der Waals surface area contributed by atoms with Crippen molar-refractivity contribution in [3.63, 3.8) is 0 Å². The van der Waals surface area contributed by atoms with Crippen molar-refractivity contribution in [2.75, 3.05) is 0 Å². The van der Waals surface area contributed by atoms with Gasteiger partial charge in [0.05, 0.1) is 0 Å². The van der Waals surface area contributed by atoms with Gasteiger partial charge in [0.1, 0.15) is 17.4 Å². The Bertz CT molecular complexity index is 674. The Labute approximate surface area is 111 Å². The number of aryl methyl sites for hydroxylation is 2. The number of carboxylic acid groups (broad SMARTS) is 1. The standard InChI is InChI=1S/C16H14O3/c1-9-7-12-14(8-10(9)2)19-13-6-4-3-5-11(13)15(12)16(17)18/h3-8,15H,1-2H3,(H,17,18). The molecule has 0 saturated carbocycles. The lowest BCUT2D eigenvalue weighted by atomic mass is 9.86. The predicted octanol–water partition coefficient (Wildman–Crippen LogP) is 3.63. The molecule has 0 aromatic heterocycles. The van der Waals surface area contributed by atoms with E-state index in [1.807, 2.05) is 50.2 Å². The molecule has 0 aliphatic carbocycles. The van der Waals surface area contributed by atoms with E-state index in [0.717, 1.165) is 16.7 Å². The van der Waals surface area contributed by atoms with Crippen molar-refractivity contribution in [3.05, 3.63) is 58.7 Å². The predicted molar refractivity (Wildman–Crippen MR) is 71.9 cm³/mol. The van der Waals surface area contributed by atoms with E-state index in [1.54, 1.807) is 0 Å². The zero-order valence-electron chi connectivity index (χ0n) is 10.8. The molecule has 2 aromatic rings. The first-order valence-electron chi connectivity index (χ1n) is 6.18. The highest BCUT2D eigenvalue weighted by molar-refractivity contribution is 5.84. The van der Waals surface area contributed by atoms with Crippen LogP contribution < -0.4 is 4.74 Å². The Balaban J connectivity index is 2.26. The zero-order valence-corrected chi connectivity index (χ0v) is 10.8. The van der Waals surface area contributed by atoms with E-state index in [-0.39, 0.29) is 0 Å². The maximum absolute atomic E-state index is 11.6. The average Bonchev–Trinajstić information content (AvgIpc) is 2.37. The second-order valence-electron chi connectivity index (χ2n) is 4.89. The van der Waals surface area contributed by atoms with E-state index in [0.29, 0.717) is 17.1 Å². The molecule has 1 N–H and O–H groups in total. The van der Waals surface area contributed by atoms with Gasteiger partial charge in [-0.15, -0.1) is 0 Å². The number of rotatable bonds is 1. The van der Waals surface area contributed by atoms with Crippen molar-refractivity contribution in [1.82, 2.24) is 0 Å². The minimum absolute atomic E-state index is 0.630. The summed E-state index contributed by atoms with van der Waals surface area (Å²) in [4.78, 5) is 11.6. The number of hydrogen-bond donors (Lipinski definition) is 1. The van der Waals surface area contributed by atoms with Crippen molar-refractivity contribution in [2.24, 2.45) is 0 Å². The number of para-hydroxylation sites is 1. The fourth-order valence-corrected chi connectivity index (χ4v) is 2.49. The lowest BCUT2D eigenvalue weighted by Gasteiger charge is -2.26. The smallest absolute Gasteiger partial charge is 0.315 e. The summed E-state index contributed by atoms with van der Waals surface area (Å²) in [5.41, 5.74) is 3.62. The molecule has 0 bridgehead atoms. The van der Waals surface area contributed by atoms with Gasteiger partial charge in [-0.3, -0.25) is 4.79 Å². The van der Waals surface area contributed by atoms with Gasteiger partial charge in [0, 0.05) is 11.1 Å². The van der Waals surface area contributed by atoms with Crippen LogP contribution in [0.4, 0.5) is 0 Å². The first kappa shape index (κ1) is 11.8. The van der Waals surface area contributed by atoms with Crippen LogP contribution in [-0.4, -0.2) is 11.1 Å². The van der Waals surface area contributed by atoms with Crippen LogP contribution >= 0.6 is 0 Å². The summed E-state index contributed by atoms with van der Waals surface area (Å²) in [5, 5.41) is 9.54. The molecular formula is C16H14O3. The van der Waals surface area contributed by atoms with Crippen LogP contribution in [0.5, 0.6) is 11.5 Å². The highest BCUT2D eigenvalue weighted by atomic mass is 16.5. The fourth-order valence-electron chi connectivity index (χ4n) is 2.49. The number of hydrogen-bond acceptors (Lipinski definition) is 2. The van der Waals surface area contributed by atoms with Gasteiger partial charge < -0.3 is 9.84 Å². The van der Waals surface area contributed by atoms with Gasteiger partial charge in [0.15, 0.2) is 0 Å². The van der Waals surface area contributed by atoms with E-state index in [9.17, 15) is 9.90 Å². The summed E-state index contributed by atoms with van der Waals surface area (Å²) < 4.78 is 5.83. The van der Waals surface area contributed by atoms with E-state index < -0.39 is 11.9 Å². The minimum atomic E-state index is -0.847. The molecule has 0 fully saturated rings. The number of ether oxygens (including phenoxy) is 1. The Kier molecular flexibility index (Phi) is 2.56. The summed E-state index contributed by atoms with van der Waals surface area (Å²) in [6.07, 6.45) is 0. The normalized spacial score (nSPS) is 16.2. The monoisotopic (exact) mass is 254 g/mol. The summed E-state index contributed by atoms with van der Waals surface area (Å²) in [6, 6.07) is 11.1. The molecule has 19 heavy (non-hydrogen) atoms. The van der Waals surface area contributed by atoms with Gasteiger partial charge in [-0.25, -0.2) is 0 Å². The molecule has 0 saturated heterocycles. The van der Waals surface area contributed by atoms with Crippen LogP contribution in [0.1, 0.15) is 28.2 Å². The van der Waals surface area contributed by atoms with Gasteiger partial charge in [-0.1, -0.05) is 24.3 Å². The van der Waals surface area contributed by atoms with E-state index >= 15 is 0 Å². The largest absolute Gasteiger partial charge is 0.481 e. The second kappa shape index (κ2) is 4.12. The maximum Gasteiger partial charge on any atom is 0.315 e. The molecule has 3 rings (SSSR count). The topological polar surface area (TPSA) is 46.5 Å². The van der Waals surface area contributed by atoms with Gasteiger partial charge in [-0.2, -0.15) is 0 Å². The Morgan fingerprint density at radius 2 is 1.74 bits per heavy atom. The third-order valence-electron chi connectivity index (χ3n) is 3.63. The van der Waals surface area contributed by atoms with Crippen molar-refractivity contribution in [2.45, 2.75) is 19.8 Å². The number of benzene rings is 2. The van der Waals surface area contributed by atoms with Crippen molar-refractivity contribution in [1.29, 1.82) is 0 Å². The summed E-state index contributed by atoms with van der Waals surface area (Å²) >= 11 is 0. The zero-order chi connectivity index (χ0) is 13.6. The first-order valence-corrected chi connectivity index (χ1v) is 6.18. The summed E-state index contributed by atoms with van der Waals surface area (Å²) in [7, 11) is 0. The van der Waals surface area contributed by atoms with Crippen molar-refractivity contribution >= 4 is 5.97 Å². The quantitative estimate of drug-likeness (QED) is 0.845. The number of fused-ring (bicyclic) bond motifs is 2. The maximum atomic E-state index is 11.6. The second-order valence-corrected chi connectivity index (χ2v) is 4.89. The molecule has 0 spiro atoms. The SMILES string of the molecule is Cc1cc2c(cc1C)C(C(=O)O)c1ccccc1O2. The molecule has 0 radical (unpaired) electrons. The number of aliphatic carboxylic acids is 1. The molecule has 1 heterocycles. The molecule has 1 aliphatic rings. The van der Waals surface area contributed by atoms with Crippen LogP contribution in [-0.2, 0) is 4.79 Å². The minimum Gasteiger partial charge on any atom is -0.481 e. The molecular weight excluding hydrogens is 240 g/mol. The number of carbonyl (C=O) groups is 1. The Morgan fingerprint density at radius 1 is 1.05 bits per heavy atom. The number of carboxylic acids is 1. The van der Waals surface area contributed by atoms with Crippen LogP contribution in [0, 0.1) is 13.8 Å². The highest BCUT2D eigenvalue weighted by Crippen LogP contribution is 2.44. The third kappa shape index (κ3) is 1.78. The van der Waals surface area contributed by atoms with Crippen LogP contribution in [0.25, 0.3) is 0 Å². The van der Waals surface area contributed by atoms with Crippen LogP contribution in [0.2, 0.25) is 0 Å². The molecule has 96 valence electrons. The first-order chi connectivity index (χ1) is 9.08. The lowest BCUT2D eigenvalue weighted by Crippen LogP contribution is -2.18. The molecule has 1 aliphatic heterocycles. The van der Waals surface area contributed by atoms with Crippen molar-refractivity contribution in [3.8, 4) is 11.5 Å². The van der Waals surface area contributed by atoms with E-state index in [1.165, 1.54) is 0 Å². The van der Waals surface area contributed by atoms with E-state index in [2.05, 4.69) is 0 Å². The van der Waals surface area contributed by atoms with Crippen LogP contribution in [0.15, 0.2) is 36.4 Å². The van der Waals surface area contributed by atoms with Crippen molar-refractivity contribution < 1.29 is 14.6 Å². The van der Waals surface area contributed by atoms with Gasteiger partial charge in [0.2, 0.25) is 0 Å². The molecule has 3 heteroatoms.